The number of hydrogen-bond acceptors (Lipinski definition) is 2. The van der Waals surface area contributed by atoms with Crippen LogP contribution in [-0.4, -0.2) is 9.55 Å². The average Bonchev–Trinajstić information content (AvgIpc) is 3.09. The summed E-state index contributed by atoms with van der Waals surface area (Å²) in [6.07, 6.45) is -0.156. The predicted molar refractivity (Wildman–Crippen MR) is 120 cm³/mol. The fourth-order valence-electron chi connectivity index (χ4n) is 4.02. The molecule has 0 fully saturated rings. The summed E-state index contributed by atoms with van der Waals surface area (Å²) in [5.41, 5.74) is 8.90. The Morgan fingerprint density at radius 2 is 1.48 bits per heavy atom. The molecule has 0 spiro atoms. The van der Waals surface area contributed by atoms with E-state index in [1.54, 1.807) is 0 Å². The van der Waals surface area contributed by atoms with Gasteiger partial charge in [0.05, 0.1) is 17.6 Å². The van der Waals surface area contributed by atoms with E-state index < -0.39 is 0 Å². The van der Waals surface area contributed by atoms with Gasteiger partial charge < -0.3 is 9.30 Å². The number of para-hydroxylation sites is 3. The number of imidazole rings is 1. The van der Waals surface area contributed by atoms with Gasteiger partial charge in [0.2, 0.25) is 0 Å². The van der Waals surface area contributed by atoms with Crippen LogP contribution in [0.25, 0.3) is 11.0 Å². The number of benzene rings is 3. The van der Waals surface area contributed by atoms with E-state index in [9.17, 15) is 0 Å². The third kappa shape index (κ3) is 3.65. The Labute approximate surface area is 173 Å². The fraction of sp³-hybridized carbons (Fsp3) is 0.269. The van der Waals surface area contributed by atoms with Gasteiger partial charge in [-0.05, 0) is 86.7 Å². The lowest BCUT2D eigenvalue weighted by Gasteiger charge is -2.20. The molecule has 0 radical (unpaired) electrons. The van der Waals surface area contributed by atoms with Crippen molar-refractivity contribution in [1.82, 2.24) is 9.55 Å². The second-order valence-corrected chi connectivity index (χ2v) is 7.86. The molecule has 4 rings (SSSR count). The Morgan fingerprint density at radius 1 is 0.862 bits per heavy atom. The lowest BCUT2D eigenvalue weighted by Crippen LogP contribution is -2.14. The van der Waals surface area contributed by atoms with Crippen molar-refractivity contribution >= 4 is 11.0 Å². The van der Waals surface area contributed by atoms with E-state index in [1.165, 1.54) is 27.8 Å². The maximum atomic E-state index is 6.23. The van der Waals surface area contributed by atoms with Crippen molar-refractivity contribution < 1.29 is 4.74 Å². The lowest BCUT2D eigenvalue weighted by atomic mass is 9.94. The zero-order chi connectivity index (χ0) is 20.5. The average molecular weight is 385 g/mol. The molecule has 1 unspecified atom stereocenters. The van der Waals surface area contributed by atoms with Crippen LogP contribution in [0.1, 0.15) is 46.7 Å². The van der Waals surface area contributed by atoms with Gasteiger partial charge in [0.15, 0.2) is 11.9 Å². The molecule has 0 N–H and O–H groups in total. The van der Waals surface area contributed by atoms with Crippen LogP contribution in [0.5, 0.6) is 5.75 Å². The molecule has 0 aliphatic carbocycles. The summed E-state index contributed by atoms with van der Waals surface area (Å²) in [4.78, 5) is 4.95. The van der Waals surface area contributed by atoms with E-state index >= 15 is 0 Å². The predicted octanol–water partition coefficient (Wildman–Crippen LogP) is 6.46. The molecular weight excluding hydrogens is 356 g/mol. The summed E-state index contributed by atoms with van der Waals surface area (Å²) >= 11 is 0. The molecule has 148 valence electrons. The summed E-state index contributed by atoms with van der Waals surface area (Å²) in [5, 5.41) is 0. The number of nitrogens with zero attached hydrogens (tertiary/aromatic N) is 2. The van der Waals surface area contributed by atoms with E-state index in [-0.39, 0.29) is 6.10 Å². The molecular formula is C26H28N2O. The fourth-order valence-corrected chi connectivity index (χ4v) is 4.02. The summed E-state index contributed by atoms with van der Waals surface area (Å²) in [5.74, 6) is 1.81. The second kappa shape index (κ2) is 7.75. The summed E-state index contributed by atoms with van der Waals surface area (Å²) in [6, 6.07) is 20.6. The largest absolute Gasteiger partial charge is 0.483 e. The van der Waals surface area contributed by atoms with Crippen LogP contribution < -0.4 is 4.74 Å². The summed E-state index contributed by atoms with van der Waals surface area (Å²) < 4.78 is 8.55. The van der Waals surface area contributed by atoms with Crippen LogP contribution in [0.4, 0.5) is 0 Å². The second-order valence-electron chi connectivity index (χ2n) is 7.86. The zero-order valence-corrected chi connectivity index (χ0v) is 17.9. The normalized spacial score (nSPS) is 12.3. The number of hydrogen-bond donors (Lipinski definition) is 0. The highest BCUT2D eigenvalue weighted by Gasteiger charge is 2.20. The standard InChI is InChI=1S/C26H28N2O/c1-17-15-18(2)20(4)23(19(17)3)16-28-25-14-10-9-13-24(25)27-26(28)21(5)29-22-11-7-6-8-12-22/h6-15,21H,16H2,1-5H3. The van der Waals surface area contributed by atoms with Gasteiger partial charge in [0.1, 0.15) is 5.75 Å². The molecule has 4 aromatic rings. The molecule has 29 heavy (non-hydrogen) atoms. The molecule has 1 heterocycles. The van der Waals surface area contributed by atoms with Gasteiger partial charge in [0.25, 0.3) is 0 Å². The molecule has 0 bridgehead atoms. The van der Waals surface area contributed by atoms with Crippen LogP contribution in [0.15, 0.2) is 60.7 Å². The van der Waals surface area contributed by atoms with Gasteiger partial charge in [0, 0.05) is 0 Å². The van der Waals surface area contributed by atoms with E-state index in [1.807, 2.05) is 36.4 Å². The van der Waals surface area contributed by atoms with E-state index in [0.717, 1.165) is 29.2 Å². The number of aromatic nitrogens is 2. The molecule has 3 heteroatoms. The highest BCUT2D eigenvalue weighted by atomic mass is 16.5. The molecule has 3 aromatic carbocycles. The van der Waals surface area contributed by atoms with Gasteiger partial charge >= 0.3 is 0 Å². The highest BCUT2D eigenvalue weighted by molar-refractivity contribution is 5.76. The van der Waals surface area contributed by atoms with Crippen molar-refractivity contribution in [1.29, 1.82) is 0 Å². The Bertz CT molecular complexity index is 1130. The van der Waals surface area contributed by atoms with Crippen LogP contribution in [0.3, 0.4) is 0 Å². The Morgan fingerprint density at radius 3 is 2.17 bits per heavy atom. The van der Waals surface area contributed by atoms with E-state index in [2.05, 4.69) is 63.5 Å². The first-order chi connectivity index (χ1) is 14.0. The zero-order valence-electron chi connectivity index (χ0n) is 17.9. The number of fused-ring (bicyclic) bond motifs is 1. The van der Waals surface area contributed by atoms with Crippen LogP contribution in [-0.2, 0) is 6.54 Å². The van der Waals surface area contributed by atoms with E-state index in [0.29, 0.717) is 0 Å². The molecule has 1 aromatic heterocycles. The number of ether oxygens (including phenoxy) is 1. The molecule has 0 aliphatic rings. The minimum absolute atomic E-state index is 0.156. The smallest absolute Gasteiger partial charge is 0.153 e. The van der Waals surface area contributed by atoms with Crippen molar-refractivity contribution in [3.05, 3.63) is 94.3 Å². The van der Waals surface area contributed by atoms with Crippen molar-refractivity contribution in [3.8, 4) is 5.75 Å². The molecule has 0 aliphatic heterocycles. The van der Waals surface area contributed by atoms with Gasteiger partial charge in [-0.25, -0.2) is 4.98 Å². The van der Waals surface area contributed by atoms with Gasteiger partial charge in [-0.3, -0.25) is 0 Å². The van der Waals surface area contributed by atoms with Crippen molar-refractivity contribution in [2.75, 3.05) is 0 Å². The Hall–Kier alpha value is -3.07. The van der Waals surface area contributed by atoms with Crippen molar-refractivity contribution in [2.24, 2.45) is 0 Å². The summed E-state index contributed by atoms with van der Waals surface area (Å²) in [6.45, 7) is 11.7. The monoisotopic (exact) mass is 384 g/mol. The van der Waals surface area contributed by atoms with Gasteiger partial charge in [-0.1, -0.05) is 36.4 Å². The van der Waals surface area contributed by atoms with Crippen molar-refractivity contribution in [2.45, 2.75) is 47.3 Å². The quantitative estimate of drug-likeness (QED) is 0.395. The topological polar surface area (TPSA) is 27.1 Å². The first-order valence-electron chi connectivity index (χ1n) is 10.2. The highest BCUT2D eigenvalue weighted by Crippen LogP contribution is 2.29. The van der Waals surface area contributed by atoms with Gasteiger partial charge in [-0.15, -0.1) is 0 Å². The first kappa shape index (κ1) is 19.3. The molecule has 1 atom stereocenters. The van der Waals surface area contributed by atoms with Crippen molar-refractivity contribution in [3.63, 3.8) is 0 Å². The minimum Gasteiger partial charge on any atom is -0.483 e. The van der Waals surface area contributed by atoms with Crippen LogP contribution in [0, 0.1) is 27.7 Å². The maximum absolute atomic E-state index is 6.23. The molecule has 0 amide bonds. The van der Waals surface area contributed by atoms with E-state index in [4.69, 9.17) is 9.72 Å². The Kier molecular flexibility index (Phi) is 5.14. The maximum Gasteiger partial charge on any atom is 0.153 e. The minimum atomic E-state index is -0.156. The molecule has 0 saturated heterocycles. The number of aryl methyl sites for hydroxylation is 2. The summed E-state index contributed by atoms with van der Waals surface area (Å²) in [7, 11) is 0. The third-order valence-electron chi connectivity index (χ3n) is 5.94. The van der Waals surface area contributed by atoms with Crippen LogP contribution in [0.2, 0.25) is 0 Å². The lowest BCUT2D eigenvalue weighted by molar-refractivity contribution is 0.212. The first-order valence-corrected chi connectivity index (χ1v) is 10.2. The van der Waals surface area contributed by atoms with Crippen LogP contribution >= 0.6 is 0 Å². The number of rotatable bonds is 5. The Balaban J connectivity index is 1.81. The third-order valence-corrected chi connectivity index (χ3v) is 5.94. The SMILES string of the molecule is Cc1cc(C)c(C)c(Cn2c(C(C)Oc3ccccc3)nc3ccccc32)c1C. The van der Waals surface area contributed by atoms with Gasteiger partial charge in [-0.2, -0.15) is 0 Å². The molecule has 3 nitrogen and oxygen atoms in total. The molecule has 0 saturated carbocycles.